The summed E-state index contributed by atoms with van der Waals surface area (Å²) in [6.45, 7) is 0. The Kier molecular flexibility index (Phi) is 5.90. The predicted octanol–water partition coefficient (Wildman–Crippen LogP) is -0.750. The van der Waals surface area contributed by atoms with Crippen molar-refractivity contribution in [1.29, 1.82) is 0 Å². The maximum Gasteiger partial charge on any atom is 0.192 e. The number of aliphatic imine (C=N–C) groups is 1. The van der Waals surface area contributed by atoms with E-state index >= 15 is 0 Å². The van der Waals surface area contributed by atoms with Gasteiger partial charge in [-0.15, -0.1) is 0 Å². The molecule has 0 saturated carbocycles. The third kappa shape index (κ3) is 10.8. The fourth-order valence-corrected chi connectivity index (χ4v) is 1.00. The van der Waals surface area contributed by atoms with Gasteiger partial charge in [-0.1, -0.05) is 6.08 Å². The Morgan fingerprint density at radius 1 is 1.60 bits per heavy atom. The molecule has 0 atom stereocenters. The molecule has 0 aromatic heterocycles. The zero-order valence-corrected chi connectivity index (χ0v) is 9.08. The van der Waals surface area contributed by atoms with Crippen molar-refractivity contribution in [2.75, 3.05) is 7.05 Å². The molecular formula is C7H13N3O4S-2. The zero-order valence-electron chi connectivity index (χ0n) is 8.26. The van der Waals surface area contributed by atoms with Gasteiger partial charge < -0.3 is 20.2 Å². The van der Waals surface area contributed by atoms with Crippen molar-refractivity contribution in [3.8, 4) is 0 Å². The van der Waals surface area contributed by atoms with Crippen LogP contribution < -0.4 is 11.1 Å². The second-order valence-corrected chi connectivity index (χ2v) is 3.58. The van der Waals surface area contributed by atoms with E-state index in [0.29, 0.717) is 5.96 Å². The van der Waals surface area contributed by atoms with E-state index in [0.717, 1.165) is 6.42 Å². The van der Waals surface area contributed by atoms with Crippen molar-refractivity contribution < 1.29 is 17.5 Å². The van der Waals surface area contributed by atoms with E-state index in [-0.39, 0.29) is 0 Å². The second kappa shape index (κ2) is 6.38. The molecule has 0 spiro atoms. The van der Waals surface area contributed by atoms with Gasteiger partial charge in [0.05, 0.1) is 0 Å². The summed E-state index contributed by atoms with van der Waals surface area (Å²) < 4.78 is 34.1. The van der Waals surface area contributed by atoms with Crippen molar-refractivity contribution in [1.82, 2.24) is 5.32 Å². The average molecular weight is 235 g/mol. The number of hydrogen-bond acceptors (Lipinski definition) is 5. The van der Waals surface area contributed by atoms with Crippen LogP contribution in [0.4, 0.5) is 0 Å². The molecule has 1 rings (SSSR count). The highest BCUT2D eigenvalue weighted by molar-refractivity contribution is 7.79. The van der Waals surface area contributed by atoms with Crippen LogP contribution in [0.5, 0.6) is 0 Å². The van der Waals surface area contributed by atoms with Crippen LogP contribution in [-0.4, -0.2) is 30.5 Å². The van der Waals surface area contributed by atoms with Gasteiger partial charge in [0.1, 0.15) is 0 Å². The van der Waals surface area contributed by atoms with Gasteiger partial charge in [0, 0.05) is 23.1 Å². The van der Waals surface area contributed by atoms with E-state index in [1.807, 2.05) is 0 Å². The average Bonchev–Trinajstić information content (AvgIpc) is 2.53. The maximum absolute atomic E-state index is 8.52. The van der Waals surface area contributed by atoms with Gasteiger partial charge >= 0.3 is 0 Å². The number of hydrogen-bond donors (Lipinski definition) is 2. The number of guanidine groups is 1. The first-order valence-electron chi connectivity index (χ1n) is 4.18. The molecule has 0 aromatic carbocycles. The predicted molar refractivity (Wildman–Crippen MR) is 53.1 cm³/mol. The van der Waals surface area contributed by atoms with Crippen molar-refractivity contribution in [3.05, 3.63) is 11.8 Å². The highest BCUT2D eigenvalue weighted by Crippen LogP contribution is 2.13. The molecule has 0 aromatic rings. The lowest BCUT2D eigenvalue weighted by atomic mass is 10.3. The van der Waals surface area contributed by atoms with Gasteiger partial charge in [0.25, 0.3) is 0 Å². The zero-order chi connectivity index (χ0) is 11.9. The van der Waals surface area contributed by atoms with Crippen LogP contribution in [0.1, 0.15) is 19.3 Å². The monoisotopic (exact) mass is 235 g/mol. The largest absolute Gasteiger partial charge is 0.759 e. The molecular weight excluding hydrogens is 222 g/mol. The number of nitrogens with two attached hydrogens (primary N) is 1. The summed E-state index contributed by atoms with van der Waals surface area (Å²) in [5, 5.41) is 3.02. The SMILES string of the molecule is CN=C(N)NC1=CCCC1.O=S(=O)([O-])[O-]. The van der Waals surface area contributed by atoms with Gasteiger partial charge in [-0.05, 0) is 19.3 Å². The number of allylic oxidation sites excluding steroid dienone is 2. The molecule has 0 saturated heterocycles. The molecule has 0 radical (unpaired) electrons. The van der Waals surface area contributed by atoms with Crippen LogP contribution in [0.15, 0.2) is 16.8 Å². The van der Waals surface area contributed by atoms with E-state index in [2.05, 4.69) is 16.4 Å². The standard InChI is InChI=1S/C7H13N3.H2O4S/c1-9-7(8)10-6-4-2-3-5-6;1-5(2,3)4/h4H,2-3,5H2,1H3,(H3,8,9,10);(H2,1,2,3,4)/p-2. The van der Waals surface area contributed by atoms with E-state index in [4.69, 9.17) is 23.3 Å². The topological polar surface area (TPSA) is 131 Å². The Bertz CT molecular complexity index is 339. The second-order valence-electron chi connectivity index (χ2n) is 2.76. The molecule has 88 valence electrons. The first-order chi connectivity index (χ1) is 6.83. The van der Waals surface area contributed by atoms with Crippen molar-refractivity contribution in [3.63, 3.8) is 0 Å². The fraction of sp³-hybridized carbons (Fsp3) is 0.571. The Labute approximate surface area is 88.7 Å². The molecule has 8 heteroatoms. The molecule has 0 bridgehead atoms. The molecule has 0 aliphatic heterocycles. The minimum Gasteiger partial charge on any atom is -0.759 e. The van der Waals surface area contributed by atoms with Crippen molar-refractivity contribution in [2.24, 2.45) is 10.7 Å². The Morgan fingerprint density at radius 3 is 2.47 bits per heavy atom. The van der Waals surface area contributed by atoms with Gasteiger partial charge in [-0.25, -0.2) is 0 Å². The van der Waals surface area contributed by atoms with E-state index in [9.17, 15) is 0 Å². The van der Waals surface area contributed by atoms with Crippen LogP contribution in [0.3, 0.4) is 0 Å². The van der Waals surface area contributed by atoms with E-state index < -0.39 is 10.4 Å². The van der Waals surface area contributed by atoms with Crippen LogP contribution in [0.25, 0.3) is 0 Å². The highest BCUT2D eigenvalue weighted by Gasteiger charge is 2.03. The third-order valence-electron chi connectivity index (χ3n) is 1.57. The summed E-state index contributed by atoms with van der Waals surface area (Å²) >= 11 is 0. The highest BCUT2D eigenvalue weighted by atomic mass is 32.3. The first kappa shape index (κ1) is 13.9. The smallest absolute Gasteiger partial charge is 0.192 e. The lowest BCUT2D eigenvalue weighted by Crippen LogP contribution is -2.30. The Hall–Kier alpha value is -1.12. The summed E-state index contributed by atoms with van der Waals surface area (Å²) in [5.41, 5.74) is 6.66. The quantitative estimate of drug-likeness (QED) is 0.266. The Morgan fingerprint density at radius 2 is 2.13 bits per heavy atom. The Balaban J connectivity index is 0.000000336. The normalized spacial score (nSPS) is 16.5. The van der Waals surface area contributed by atoms with Crippen LogP contribution in [0, 0.1) is 0 Å². The van der Waals surface area contributed by atoms with Gasteiger partial charge in [-0.2, -0.15) is 0 Å². The molecule has 1 aliphatic rings. The van der Waals surface area contributed by atoms with Gasteiger partial charge in [-0.3, -0.25) is 13.4 Å². The maximum atomic E-state index is 8.52. The van der Waals surface area contributed by atoms with Gasteiger partial charge in [0.15, 0.2) is 5.96 Å². The van der Waals surface area contributed by atoms with Gasteiger partial charge in [0.2, 0.25) is 0 Å². The summed E-state index contributed by atoms with van der Waals surface area (Å²) in [5.74, 6) is 0.508. The summed E-state index contributed by atoms with van der Waals surface area (Å²) in [6, 6.07) is 0. The minimum absolute atomic E-state index is 0.508. The summed E-state index contributed by atoms with van der Waals surface area (Å²) in [4.78, 5) is 3.79. The van der Waals surface area contributed by atoms with Crippen LogP contribution >= 0.6 is 0 Å². The lowest BCUT2D eigenvalue weighted by molar-refractivity contribution is 0.352. The summed E-state index contributed by atoms with van der Waals surface area (Å²) in [7, 11) is -3.49. The lowest BCUT2D eigenvalue weighted by Gasteiger charge is -2.06. The molecule has 3 N–H and O–H groups in total. The molecule has 0 amide bonds. The summed E-state index contributed by atoms with van der Waals surface area (Å²) in [6.07, 6.45) is 5.67. The van der Waals surface area contributed by atoms with Crippen molar-refractivity contribution >= 4 is 16.4 Å². The van der Waals surface area contributed by atoms with E-state index in [1.165, 1.54) is 18.5 Å². The van der Waals surface area contributed by atoms with E-state index in [1.54, 1.807) is 7.05 Å². The first-order valence-corrected chi connectivity index (χ1v) is 5.51. The number of nitrogens with zero attached hydrogens (tertiary/aromatic N) is 1. The molecule has 1 aliphatic carbocycles. The number of rotatable bonds is 1. The molecule has 15 heavy (non-hydrogen) atoms. The fourth-order valence-electron chi connectivity index (χ4n) is 1.00. The molecule has 7 nitrogen and oxygen atoms in total. The molecule has 0 unspecified atom stereocenters. The van der Waals surface area contributed by atoms with Crippen LogP contribution in [0.2, 0.25) is 0 Å². The molecule has 0 heterocycles. The van der Waals surface area contributed by atoms with Crippen LogP contribution in [-0.2, 0) is 10.4 Å². The number of nitrogens with one attached hydrogen (secondary N) is 1. The van der Waals surface area contributed by atoms with Crippen molar-refractivity contribution in [2.45, 2.75) is 19.3 Å². The minimum atomic E-state index is -5.17. The molecule has 0 fully saturated rings. The third-order valence-corrected chi connectivity index (χ3v) is 1.57.